The molecule has 6 N–H and O–H groups in total. The van der Waals surface area contributed by atoms with E-state index in [0.29, 0.717) is 5.56 Å². The summed E-state index contributed by atoms with van der Waals surface area (Å²) in [5, 5.41) is 13.6. The first-order chi connectivity index (χ1) is 9.77. The fourth-order valence-electron chi connectivity index (χ4n) is 1.67. The first-order valence-corrected chi connectivity index (χ1v) is 7.43. The summed E-state index contributed by atoms with van der Waals surface area (Å²) < 4.78 is 22.3. The average Bonchev–Trinajstić information content (AvgIpc) is 2.84. The van der Waals surface area contributed by atoms with Crippen LogP contribution < -0.4 is 16.2 Å². The molecule has 0 aliphatic carbocycles. The SMILES string of the molecule is CC(NC(=O)c1nc(N)n[nH]1)c1ccc(S(N)(=O)=O)cc1. The second-order valence-corrected chi connectivity index (χ2v) is 5.91. The van der Waals surface area contributed by atoms with Gasteiger partial charge < -0.3 is 11.1 Å². The molecule has 0 bridgehead atoms. The number of hydrogen-bond donors (Lipinski definition) is 4. The van der Waals surface area contributed by atoms with Gasteiger partial charge in [0.2, 0.25) is 21.8 Å². The Kier molecular flexibility index (Phi) is 3.91. The molecule has 1 atom stereocenters. The molecule has 112 valence electrons. The smallest absolute Gasteiger partial charge is 0.289 e. The van der Waals surface area contributed by atoms with Crippen molar-refractivity contribution in [3.05, 3.63) is 35.7 Å². The summed E-state index contributed by atoms with van der Waals surface area (Å²) in [6.07, 6.45) is 0. The fourth-order valence-corrected chi connectivity index (χ4v) is 2.19. The van der Waals surface area contributed by atoms with Crippen molar-refractivity contribution in [1.29, 1.82) is 0 Å². The first kappa shape index (κ1) is 14.9. The molecule has 0 fully saturated rings. The quantitative estimate of drug-likeness (QED) is 0.597. The van der Waals surface area contributed by atoms with E-state index in [1.54, 1.807) is 19.1 Å². The number of H-pyrrole nitrogens is 1. The van der Waals surface area contributed by atoms with Gasteiger partial charge in [-0.3, -0.25) is 9.89 Å². The minimum absolute atomic E-state index is 0.000469. The summed E-state index contributed by atoms with van der Waals surface area (Å²) in [6.45, 7) is 1.74. The van der Waals surface area contributed by atoms with Crippen molar-refractivity contribution < 1.29 is 13.2 Å². The van der Waals surface area contributed by atoms with Crippen LogP contribution in [-0.2, 0) is 10.0 Å². The van der Waals surface area contributed by atoms with Crippen molar-refractivity contribution in [1.82, 2.24) is 20.5 Å². The van der Waals surface area contributed by atoms with Gasteiger partial charge in [0.15, 0.2) is 0 Å². The molecular weight excluding hydrogens is 296 g/mol. The first-order valence-electron chi connectivity index (χ1n) is 5.89. The van der Waals surface area contributed by atoms with E-state index in [1.807, 2.05) is 0 Å². The van der Waals surface area contributed by atoms with Crippen LogP contribution in [-0.4, -0.2) is 29.5 Å². The van der Waals surface area contributed by atoms with Gasteiger partial charge in [-0.15, -0.1) is 5.10 Å². The largest absolute Gasteiger partial charge is 0.366 e. The van der Waals surface area contributed by atoms with Crippen LogP contribution in [0.3, 0.4) is 0 Å². The summed E-state index contributed by atoms with van der Waals surface area (Å²) >= 11 is 0. The van der Waals surface area contributed by atoms with Crippen LogP contribution in [0.25, 0.3) is 0 Å². The molecule has 21 heavy (non-hydrogen) atoms. The number of anilines is 1. The molecule has 0 saturated carbocycles. The molecule has 0 aliphatic heterocycles. The lowest BCUT2D eigenvalue weighted by molar-refractivity contribution is 0.0930. The van der Waals surface area contributed by atoms with Gasteiger partial charge in [-0.2, -0.15) is 4.98 Å². The van der Waals surface area contributed by atoms with Crippen molar-refractivity contribution in [2.24, 2.45) is 5.14 Å². The Balaban J connectivity index is 2.10. The number of primary sulfonamides is 1. The molecule has 2 aromatic rings. The molecule has 1 aromatic carbocycles. The van der Waals surface area contributed by atoms with Crippen LogP contribution in [0.1, 0.15) is 29.1 Å². The number of amides is 1. The molecule has 1 heterocycles. The molecule has 0 aliphatic rings. The van der Waals surface area contributed by atoms with Crippen molar-refractivity contribution in [2.75, 3.05) is 5.73 Å². The van der Waals surface area contributed by atoms with Crippen LogP contribution >= 0.6 is 0 Å². The highest BCUT2D eigenvalue weighted by Crippen LogP contribution is 2.15. The summed E-state index contributed by atoms with van der Waals surface area (Å²) in [4.78, 5) is 15.6. The zero-order valence-electron chi connectivity index (χ0n) is 11.1. The molecule has 0 radical (unpaired) electrons. The molecule has 2 rings (SSSR count). The Bertz CT molecular complexity index is 753. The van der Waals surface area contributed by atoms with Crippen LogP contribution in [0, 0.1) is 0 Å². The summed E-state index contributed by atoms with van der Waals surface area (Å²) in [5.74, 6) is -0.493. The molecule has 9 nitrogen and oxygen atoms in total. The molecule has 1 unspecified atom stereocenters. The lowest BCUT2D eigenvalue weighted by Gasteiger charge is -2.13. The Morgan fingerprint density at radius 3 is 2.43 bits per heavy atom. The monoisotopic (exact) mass is 310 g/mol. The maximum absolute atomic E-state index is 11.9. The van der Waals surface area contributed by atoms with Gasteiger partial charge >= 0.3 is 0 Å². The number of aromatic nitrogens is 3. The van der Waals surface area contributed by atoms with Crippen molar-refractivity contribution in [3.8, 4) is 0 Å². The minimum atomic E-state index is -3.73. The lowest BCUT2D eigenvalue weighted by atomic mass is 10.1. The number of benzene rings is 1. The van der Waals surface area contributed by atoms with E-state index in [4.69, 9.17) is 10.9 Å². The highest BCUT2D eigenvalue weighted by molar-refractivity contribution is 7.89. The normalized spacial score (nSPS) is 12.9. The van der Waals surface area contributed by atoms with Gasteiger partial charge in [-0.25, -0.2) is 13.6 Å². The second-order valence-electron chi connectivity index (χ2n) is 4.35. The Labute approximate surface area is 120 Å². The molecule has 0 spiro atoms. The number of hydrogen-bond acceptors (Lipinski definition) is 6. The van der Waals surface area contributed by atoms with Gasteiger partial charge in [-0.05, 0) is 24.6 Å². The number of nitrogens with one attached hydrogen (secondary N) is 2. The van der Waals surface area contributed by atoms with E-state index in [-0.39, 0.29) is 22.7 Å². The second kappa shape index (κ2) is 5.50. The van der Waals surface area contributed by atoms with E-state index in [2.05, 4.69) is 20.5 Å². The average molecular weight is 310 g/mol. The Morgan fingerprint density at radius 2 is 1.95 bits per heavy atom. The maximum atomic E-state index is 11.9. The third-order valence-corrected chi connectivity index (χ3v) is 3.70. The molecule has 0 saturated heterocycles. The van der Waals surface area contributed by atoms with E-state index in [1.165, 1.54) is 12.1 Å². The Hall–Kier alpha value is -2.46. The van der Waals surface area contributed by atoms with Gasteiger partial charge in [0, 0.05) is 0 Å². The number of nitrogens with zero attached hydrogens (tertiary/aromatic N) is 2. The van der Waals surface area contributed by atoms with E-state index in [9.17, 15) is 13.2 Å². The van der Waals surface area contributed by atoms with Crippen LogP contribution in [0.4, 0.5) is 5.95 Å². The molecule has 1 amide bonds. The molecule has 10 heteroatoms. The van der Waals surface area contributed by atoms with Gasteiger partial charge in [0.25, 0.3) is 5.91 Å². The molecule has 1 aromatic heterocycles. The zero-order valence-corrected chi connectivity index (χ0v) is 11.9. The lowest BCUT2D eigenvalue weighted by Crippen LogP contribution is -2.27. The van der Waals surface area contributed by atoms with Crippen LogP contribution in [0.2, 0.25) is 0 Å². The van der Waals surface area contributed by atoms with Crippen molar-refractivity contribution in [3.63, 3.8) is 0 Å². The van der Waals surface area contributed by atoms with Crippen molar-refractivity contribution in [2.45, 2.75) is 17.9 Å². The highest BCUT2D eigenvalue weighted by atomic mass is 32.2. The van der Waals surface area contributed by atoms with E-state index >= 15 is 0 Å². The third kappa shape index (κ3) is 3.55. The number of rotatable bonds is 4. The number of carbonyl (C=O) groups is 1. The van der Waals surface area contributed by atoms with Gasteiger partial charge in [0.05, 0.1) is 10.9 Å². The summed E-state index contributed by atoms with van der Waals surface area (Å²) in [7, 11) is -3.73. The highest BCUT2D eigenvalue weighted by Gasteiger charge is 2.15. The van der Waals surface area contributed by atoms with Crippen LogP contribution in [0.15, 0.2) is 29.2 Å². The molecular formula is C11H14N6O3S. The summed E-state index contributed by atoms with van der Waals surface area (Å²) in [6, 6.07) is 5.52. The Morgan fingerprint density at radius 1 is 1.33 bits per heavy atom. The van der Waals surface area contributed by atoms with Crippen LogP contribution in [0.5, 0.6) is 0 Å². The number of sulfonamides is 1. The van der Waals surface area contributed by atoms with E-state index in [0.717, 1.165) is 0 Å². The van der Waals surface area contributed by atoms with Gasteiger partial charge in [-0.1, -0.05) is 12.1 Å². The number of aromatic amines is 1. The third-order valence-electron chi connectivity index (χ3n) is 2.77. The number of nitrogens with two attached hydrogens (primary N) is 2. The maximum Gasteiger partial charge on any atom is 0.289 e. The minimum Gasteiger partial charge on any atom is -0.366 e. The standard InChI is InChI=1S/C11H14N6O3S/c1-6(14-10(18)9-15-11(12)17-16-9)7-2-4-8(5-3-7)21(13,19)20/h2-6H,1H3,(H,14,18)(H2,13,19,20)(H3,12,15,16,17). The predicted octanol–water partition coefficient (Wildman–Crippen LogP) is -0.475. The predicted molar refractivity (Wildman–Crippen MR) is 74.5 cm³/mol. The van der Waals surface area contributed by atoms with Crippen molar-refractivity contribution >= 4 is 21.9 Å². The topological polar surface area (TPSA) is 157 Å². The zero-order chi connectivity index (χ0) is 15.6. The van der Waals surface area contributed by atoms with E-state index < -0.39 is 15.9 Å². The number of carbonyl (C=O) groups excluding carboxylic acids is 1. The van der Waals surface area contributed by atoms with Gasteiger partial charge in [0.1, 0.15) is 0 Å². The number of nitrogen functional groups attached to an aromatic ring is 1. The summed E-state index contributed by atoms with van der Waals surface area (Å²) in [5.41, 5.74) is 6.02. The fraction of sp³-hybridized carbons (Fsp3) is 0.182.